The molecule has 1 atom stereocenters. The summed E-state index contributed by atoms with van der Waals surface area (Å²) < 4.78 is 0. The van der Waals surface area contributed by atoms with Crippen molar-refractivity contribution in [2.75, 3.05) is 22.5 Å². The van der Waals surface area contributed by atoms with Crippen LogP contribution in [0.25, 0.3) is 0 Å². The van der Waals surface area contributed by atoms with E-state index in [1.807, 2.05) is 30.0 Å². The van der Waals surface area contributed by atoms with Crippen LogP contribution < -0.4 is 16.0 Å². The molecule has 3 rings (SSSR count). The maximum absolute atomic E-state index is 12.8. The van der Waals surface area contributed by atoms with Gasteiger partial charge in [-0.2, -0.15) is 0 Å². The Bertz CT molecular complexity index is 682. The normalized spacial score (nSPS) is 16.9. The fourth-order valence-corrected chi connectivity index (χ4v) is 3.59. The Kier molecular flexibility index (Phi) is 3.55. The molecule has 1 aromatic carbocycles. The molecule has 5 nitrogen and oxygen atoms in total. The molecule has 0 aliphatic carbocycles. The van der Waals surface area contributed by atoms with Crippen LogP contribution in [0.3, 0.4) is 0 Å². The Hall–Kier alpha value is -2.08. The third-order valence-electron chi connectivity index (χ3n) is 3.60. The summed E-state index contributed by atoms with van der Waals surface area (Å²) in [5.41, 5.74) is 8.10. The molecule has 0 saturated carbocycles. The first kappa shape index (κ1) is 13.9. The van der Waals surface area contributed by atoms with Crippen LogP contribution in [0.15, 0.2) is 24.3 Å². The lowest BCUT2D eigenvalue weighted by Gasteiger charge is -2.22. The van der Waals surface area contributed by atoms with Gasteiger partial charge in [0.1, 0.15) is 10.7 Å². The van der Waals surface area contributed by atoms with Gasteiger partial charge < -0.3 is 16.0 Å². The number of benzene rings is 1. The van der Waals surface area contributed by atoms with Crippen LogP contribution in [0.1, 0.15) is 29.1 Å². The van der Waals surface area contributed by atoms with Gasteiger partial charge in [-0.3, -0.25) is 4.79 Å². The fraction of sp³-hybridized carbons (Fsp3) is 0.333. The number of fused-ring (bicyclic) bond motifs is 1. The first-order valence-corrected chi connectivity index (χ1v) is 7.85. The number of para-hydroxylation sites is 1. The summed E-state index contributed by atoms with van der Waals surface area (Å²) in [5.74, 6) is 0.240. The molecule has 0 saturated heterocycles. The van der Waals surface area contributed by atoms with Gasteiger partial charge in [-0.05, 0) is 31.9 Å². The van der Waals surface area contributed by atoms with E-state index in [1.165, 1.54) is 16.9 Å². The Morgan fingerprint density at radius 3 is 3.05 bits per heavy atom. The molecule has 6 heteroatoms. The van der Waals surface area contributed by atoms with Gasteiger partial charge in [-0.15, -0.1) is 0 Å². The molecule has 1 amide bonds. The Morgan fingerprint density at radius 1 is 1.52 bits per heavy atom. The number of nitrogens with one attached hydrogen (secondary N) is 1. The van der Waals surface area contributed by atoms with Crippen molar-refractivity contribution in [1.82, 2.24) is 4.98 Å². The number of nitrogens with zero attached hydrogens (tertiary/aromatic N) is 2. The van der Waals surface area contributed by atoms with Crippen LogP contribution in [0.4, 0.5) is 16.6 Å². The lowest BCUT2D eigenvalue weighted by atomic mass is 10.1. The summed E-state index contributed by atoms with van der Waals surface area (Å²) in [7, 11) is 0. The lowest BCUT2D eigenvalue weighted by Crippen LogP contribution is -2.35. The third kappa shape index (κ3) is 2.35. The minimum atomic E-state index is -0.0633. The van der Waals surface area contributed by atoms with E-state index in [9.17, 15) is 4.79 Å². The van der Waals surface area contributed by atoms with Gasteiger partial charge in [-0.25, -0.2) is 4.98 Å². The van der Waals surface area contributed by atoms with E-state index in [0.29, 0.717) is 15.8 Å². The molecule has 1 aromatic heterocycles. The molecule has 110 valence electrons. The second kappa shape index (κ2) is 5.37. The number of aromatic nitrogens is 1. The number of hydrogen-bond donors (Lipinski definition) is 2. The second-order valence-electron chi connectivity index (χ2n) is 5.12. The summed E-state index contributed by atoms with van der Waals surface area (Å²) in [6.07, 6.45) is 0.876. The van der Waals surface area contributed by atoms with Crippen molar-refractivity contribution < 1.29 is 4.79 Å². The van der Waals surface area contributed by atoms with Gasteiger partial charge in [0.2, 0.25) is 0 Å². The first-order chi connectivity index (χ1) is 10.1. The molecule has 2 aromatic rings. The Labute approximate surface area is 127 Å². The van der Waals surface area contributed by atoms with Crippen molar-refractivity contribution in [3.8, 4) is 0 Å². The molecule has 0 spiro atoms. The minimum Gasteiger partial charge on any atom is -0.382 e. The molecular formula is C15H18N4OS. The molecule has 21 heavy (non-hydrogen) atoms. The third-order valence-corrected chi connectivity index (χ3v) is 4.62. The first-order valence-electron chi connectivity index (χ1n) is 7.03. The topological polar surface area (TPSA) is 71.2 Å². The van der Waals surface area contributed by atoms with Crippen LogP contribution >= 0.6 is 11.3 Å². The van der Waals surface area contributed by atoms with E-state index in [0.717, 1.165) is 18.7 Å². The summed E-state index contributed by atoms with van der Waals surface area (Å²) in [5, 5.41) is 3.79. The molecule has 1 unspecified atom stereocenters. The second-order valence-corrected chi connectivity index (χ2v) is 6.12. The van der Waals surface area contributed by atoms with Crippen LogP contribution in [0, 0.1) is 0 Å². The molecule has 1 aliphatic rings. The monoisotopic (exact) mass is 302 g/mol. The standard InChI is InChI=1S/C15H18N4OS/c1-3-17-15-18-13(16)12(21-15)14(20)19-9(2)8-10-6-4-5-7-11(10)19/h4-7,9H,3,8,16H2,1-2H3,(H,17,18). The van der Waals surface area contributed by atoms with Crippen LogP contribution in [0.2, 0.25) is 0 Å². The van der Waals surface area contributed by atoms with Crippen molar-refractivity contribution in [2.24, 2.45) is 0 Å². The highest BCUT2D eigenvalue weighted by Gasteiger charge is 2.33. The van der Waals surface area contributed by atoms with Crippen molar-refractivity contribution in [1.29, 1.82) is 0 Å². The van der Waals surface area contributed by atoms with Gasteiger partial charge >= 0.3 is 0 Å². The Balaban J connectivity index is 1.95. The minimum absolute atomic E-state index is 0.0633. The lowest BCUT2D eigenvalue weighted by molar-refractivity contribution is 0.0986. The van der Waals surface area contributed by atoms with Crippen LogP contribution in [-0.4, -0.2) is 23.5 Å². The molecule has 0 radical (unpaired) electrons. The van der Waals surface area contributed by atoms with Crippen molar-refractivity contribution in [3.63, 3.8) is 0 Å². The van der Waals surface area contributed by atoms with E-state index >= 15 is 0 Å². The van der Waals surface area contributed by atoms with E-state index in [1.54, 1.807) is 0 Å². The van der Waals surface area contributed by atoms with E-state index < -0.39 is 0 Å². The van der Waals surface area contributed by atoms with Crippen LogP contribution in [-0.2, 0) is 6.42 Å². The van der Waals surface area contributed by atoms with E-state index in [-0.39, 0.29) is 11.9 Å². The molecule has 0 fully saturated rings. The van der Waals surface area contributed by atoms with Crippen molar-refractivity contribution in [2.45, 2.75) is 26.3 Å². The van der Waals surface area contributed by atoms with Gasteiger partial charge in [0.15, 0.2) is 5.13 Å². The zero-order chi connectivity index (χ0) is 15.0. The largest absolute Gasteiger partial charge is 0.382 e. The highest BCUT2D eigenvalue weighted by atomic mass is 32.1. The van der Waals surface area contributed by atoms with Gasteiger partial charge in [0, 0.05) is 18.3 Å². The van der Waals surface area contributed by atoms with E-state index in [4.69, 9.17) is 5.73 Å². The maximum Gasteiger partial charge on any atom is 0.272 e. The number of nitrogens with two attached hydrogens (primary N) is 1. The number of carbonyl (C=O) groups is 1. The summed E-state index contributed by atoms with van der Waals surface area (Å²) >= 11 is 1.32. The summed E-state index contributed by atoms with van der Waals surface area (Å²) in [4.78, 5) is 19.4. The summed E-state index contributed by atoms with van der Waals surface area (Å²) in [6.45, 7) is 4.79. The highest BCUT2D eigenvalue weighted by molar-refractivity contribution is 7.18. The molecular weight excluding hydrogens is 284 g/mol. The van der Waals surface area contributed by atoms with Crippen molar-refractivity contribution >= 4 is 33.9 Å². The number of nitrogen functional groups attached to an aromatic ring is 1. The number of amides is 1. The number of thiazole rings is 1. The number of anilines is 3. The average molecular weight is 302 g/mol. The number of carbonyl (C=O) groups excluding carboxylic acids is 1. The van der Waals surface area contributed by atoms with Gasteiger partial charge in [0.25, 0.3) is 5.91 Å². The zero-order valence-corrected chi connectivity index (χ0v) is 12.9. The smallest absolute Gasteiger partial charge is 0.272 e. The number of hydrogen-bond acceptors (Lipinski definition) is 5. The maximum atomic E-state index is 12.8. The molecule has 1 aliphatic heterocycles. The van der Waals surface area contributed by atoms with Crippen molar-refractivity contribution in [3.05, 3.63) is 34.7 Å². The van der Waals surface area contributed by atoms with Gasteiger partial charge in [0.05, 0.1) is 0 Å². The SMILES string of the molecule is CCNc1nc(N)c(C(=O)N2c3ccccc3CC2C)s1. The molecule has 0 bridgehead atoms. The van der Waals surface area contributed by atoms with Gasteiger partial charge in [-0.1, -0.05) is 29.5 Å². The Morgan fingerprint density at radius 2 is 2.29 bits per heavy atom. The average Bonchev–Trinajstić information content (AvgIpc) is 2.98. The summed E-state index contributed by atoms with van der Waals surface area (Å²) in [6, 6.07) is 8.15. The number of rotatable bonds is 3. The zero-order valence-electron chi connectivity index (χ0n) is 12.1. The molecule has 2 heterocycles. The highest BCUT2D eigenvalue weighted by Crippen LogP contribution is 2.35. The predicted molar refractivity (Wildman–Crippen MR) is 87.1 cm³/mol. The van der Waals surface area contributed by atoms with E-state index in [2.05, 4.69) is 23.3 Å². The molecule has 3 N–H and O–H groups in total. The quantitative estimate of drug-likeness (QED) is 0.914. The van der Waals surface area contributed by atoms with Crippen LogP contribution in [0.5, 0.6) is 0 Å². The fourth-order valence-electron chi connectivity index (χ4n) is 2.70. The predicted octanol–water partition coefficient (Wildman–Crippen LogP) is 2.75.